The van der Waals surface area contributed by atoms with Crippen LogP contribution in [0, 0.1) is 16.7 Å². The van der Waals surface area contributed by atoms with Crippen LogP contribution in [0.25, 0.3) is 0 Å². The van der Waals surface area contributed by atoms with Crippen LogP contribution in [-0.4, -0.2) is 5.91 Å². The van der Waals surface area contributed by atoms with Gasteiger partial charge in [-0.15, -0.1) is 22.7 Å². The zero-order chi connectivity index (χ0) is 13.3. The summed E-state index contributed by atoms with van der Waals surface area (Å²) in [6.45, 7) is 6.23. The molecule has 0 fully saturated rings. The SMILES string of the molecule is Cc1cc(C(C)NC(=O)c2csc(I)c2)c(C)s1. The summed E-state index contributed by atoms with van der Waals surface area (Å²) in [4.78, 5) is 14.6. The van der Waals surface area contributed by atoms with E-state index in [1.54, 1.807) is 22.7 Å². The van der Waals surface area contributed by atoms with Crippen LogP contribution in [-0.2, 0) is 0 Å². The summed E-state index contributed by atoms with van der Waals surface area (Å²) in [5.41, 5.74) is 1.97. The van der Waals surface area contributed by atoms with Crippen molar-refractivity contribution in [3.63, 3.8) is 0 Å². The van der Waals surface area contributed by atoms with Gasteiger partial charge >= 0.3 is 0 Å². The van der Waals surface area contributed by atoms with E-state index >= 15 is 0 Å². The highest BCUT2D eigenvalue weighted by molar-refractivity contribution is 14.1. The van der Waals surface area contributed by atoms with Gasteiger partial charge in [0, 0.05) is 15.1 Å². The normalized spacial score (nSPS) is 12.4. The first-order valence-electron chi connectivity index (χ1n) is 5.59. The minimum atomic E-state index is 0.00455. The van der Waals surface area contributed by atoms with Crippen LogP contribution in [0.1, 0.15) is 38.6 Å². The summed E-state index contributed by atoms with van der Waals surface area (Å²) in [5.74, 6) is 0.00455. The summed E-state index contributed by atoms with van der Waals surface area (Å²) in [7, 11) is 0. The second-order valence-corrected chi connectivity index (χ2v) is 8.47. The summed E-state index contributed by atoms with van der Waals surface area (Å²) in [6, 6.07) is 4.13. The molecule has 2 heterocycles. The summed E-state index contributed by atoms with van der Waals surface area (Å²) >= 11 is 5.59. The van der Waals surface area contributed by atoms with Gasteiger partial charge < -0.3 is 5.32 Å². The van der Waals surface area contributed by atoms with E-state index in [1.165, 1.54) is 15.3 Å². The molecule has 0 radical (unpaired) electrons. The quantitative estimate of drug-likeness (QED) is 0.766. The molecule has 1 N–H and O–H groups in total. The monoisotopic (exact) mass is 391 g/mol. The molecule has 0 spiro atoms. The Morgan fingerprint density at radius 1 is 1.39 bits per heavy atom. The first-order valence-corrected chi connectivity index (χ1v) is 8.36. The molecule has 1 amide bonds. The number of rotatable bonds is 3. The fraction of sp³-hybridized carbons (Fsp3) is 0.308. The van der Waals surface area contributed by atoms with Crippen molar-refractivity contribution < 1.29 is 4.79 Å². The number of nitrogens with one attached hydrogen (secondary N) is 1. The first kappa shape index (κ1) is 14.0. The molecular formula is C13H14INOS2. The highest BCUT2D eigenvalue weighted by Crippen LogP contribution is 2.26. The Morgan fingerprint density at radius 3 is 2.61 bits per heavy atom. The number of carbonyl (C=O) groups is 1. The Kier molecular flexibility index (Phi) is 4.45. The largest absolute Gasteiger partial charge is 0.345 e. The van der Waals surface area contributed by atoms with E-state index in [-0.39, 0.29) is 11.9 Å². The van der Waals surface area contributed by atoms with Crippen LogP contribution in [0.15, 0.2) is 17.5 Å². The third kappa shape index (κ3) is 3.13. The Hall–Kier alpha value is -0.400. The lowest BCUT2D eigenvalue weighted by atomic mass is 10.1. The molecule has 0 aliphatic carbocycles. The Morgan fingerprint density at radius 2 is 2.11 bits per heavy atom. The molecule has 0 aliphatic rings. The minimum absolute atomic E-state index is 0.00455. The number of hydrogen-bond acceptors (Lipinski definition) is 3. The fourth-order valence-electron chi connectivity index (χ4n) is 1.87. The molecule has 1 atom stereocenters. The molecule has 0 aromatic carbocycles. The van der Waals surface area contributed by atoms with Crippen molar-refractivity contribution in [1.29, 1.82) is 0 Å². The molecule has 5 heteroatoms. The average molecular weight is 391 g/mol. The van der Waals surface area contributed by atoms with Gasteiger partial charge in [-0.3, -0.25) is 4.79 Å². The van der Waals surface area contributed by atoms with Gasteiger partial charge in [-0.25, -0.2) is 0 Å². The number of halogens is 1. The average Bonchev–Trinajstić information content (AvgIpc) is 2.84. The Bertz CT molecular complexity index is 573. The van der Waals surface area contributed by atoms with Crippen molar-refractivity contribution in [2.75, 3.05) is 0 Å². The van der Waals surface area contributed by atoms with E-state index in [2.05, 4.69) is 47.8 Å². The molecule has 96 valence electrons. The van der Waals surface area contributed by atoms with E-state index in [0.717, 1.165) is 8.45 Å². The van der Waals surface area contributed by atoms with Crippen molar-refractivity contribution in [1.82, 2.24) is 5.32 Å². The predicted molar refractivity (Wildman–Crippen MR) is 86.7 cm³/mol. The second kappa shape index (κ2) is 5.71. The molecule has 2 aromatic heterocycles. The summed E-state index contributed by atoms with van der Waals surface area (Å²) < 4.78 is 1.13. The van der Waals surface area contributed by atoms with Gasteiger partial charge in [0.1, 0.15) is 0 Å². The minimum Gasteiger partial charge on any atom is -0.345 e. The number of carbonyl (C=O) groups excluding carboxylic acids is 1. The predicted octanol–water partition coefficient (Wildman–Crippen LogP) is 4.52. The van der Waals surface area contributed by atoms with Crippen molar-refractivity contribution in [3.8, 4) is 0 Å². The molecule has 0 saturated heterocycles. The topological polar surface area (TPSA) is 29.1 Å². The van der Waals surface area contributed by atoms with Crippen LogP contribution < -0.4 is 5.32 Å². The molecular weight excluding hydrogens is 377 g/mol. The number of amides is 1. The third-order valence-electron chi connectivity index (χ3n) is 2.72. The zero-order valence-electron chi connectivity index (χ0n) is 10.4. The van der Waals surface area contributed by atoms with E-state index in [0.29, 0.717) is 0 Å². The van der Waals surface area contributed by atoms with E-state index < -0.39 is 0 Å². The van der Waals surface area contributed by atoms with Crippen LogP contribution in [0.3, 0.4) is 0 Å². The van der Waals surface area contributed by atoms with E-state index in [4.69, 9.17) is 0 Å². The third-order valence-corrected chi connectivity index (χ3v) is 5.49. The van der Waals surface area contributed by atoms with Gasteiger partial charge in [-0.05, 0) is 61.1 Å². The van der Waals surface area contributed by atoms with Gasteiger partial charge in [0.15, 0.2) is 0 Å². The smallest absolute Gasteiger partial charge is 0.252 e. The highest BCUT2D eigenvalue weighted by atomic mass is 127. The molecule has 1 unspecified atom stereocenters. The lowest BCUT2D eigenvalue weighted by Crippen LogP contribution is -2.26. The number of aryl methyl sites for hydroxylation is 2. The standard InChI is InChI=1S/C13H14INOS2/c1-7-4-11(9(3)18-7)8(2)15-13(16)10-5-12(14)17-6-10/h4-6,8H,1-3H3,(H,15,16). The van der Waals surface area contributed by atoms with Crippen molar-refractivity contribution in [2.45, 2.75) is 26.8 Å². The van der Waals surface area contributed by atoms with Crippen molar-refractivity contribution >= 4 is 51.2 Å². The van der Waals surface area contributed by atoms with E-state index in [9.17, 15) is 4.79 Å². The van der Waals surface area contributed by atoms with Gasteiger partial charge in [0.25, 0.3) is 5.91 Å². The van der Waals surface area contributed by atoms with Crippen LogP contribution in [0.2, 0.25) is 0 Å². The lowest BCUT2D eigenvalue weighted by Gasteiger charge is -2.13. The Balaban J connectivity index is 2.10. The molecule has 0 saturated carbocycles. The molecule has 0 bridgehead atoms. The lowest BCUT2D eigenvalue weighted by molar-refractivity contribution is 0.0940. The van der Waals surface area contributed by atoms with Crippen LogP contribution in [0.5, 0.6) is 0 Å². The van der Waals surface area contributed by atoms with Crippen molar-refractivity contribution in [3.05, 3.63) is 41.3 Å². The van der Waals surface area contributed by atoms with Crippen LogP contribution >= 0.6 is 45.3 Å². The van der Waals surface area contributed by atoms with Gasteiger partial charge in [0.2, 0.25) is 0 Å². The summed E-state index contributed by atoms with van der Waals surface area (Å²) in [6.07, 6.45) is 0. The maximum Gasteiger partial charge on any atom is 0.252 e. The highest BCUT2D eigenvalue weighted by Gasteiger charge is 2.15. The van der Waals surface area contributed by atoms with Gasteiger partial charge in [0.05, 0.1) is 14.5 Å². The van der Waals surface area contributed by atoms with Gasteiger partial charge in [-0.1, -0.05) is 0 Å². The Labute approximate surface area is 129 Å². The summed E-state index contributed by atoms with van der Waals surface area (Å²) in [5, 5.41) is 4.95. The molecule has 2 aromatic rings. The first-order chi connectivity index (χ1) is 8.47. The fourth-order valence-corrected chi connectivity index (χ4v) is 4.22. The zero-order valence-corrected chi connectivity index (χ0v) is 14.2. The number of thiophene rings is 2. The van der Waals surface area contributed by atoms with E-state index in [1.807, 2.05) is 18.4 Å². The van der Waals surface area contributed by atoms with Gasteiger partial charge in [-0.2, -0.15) is 0 Å². The maximum absolute atomic E-state index is 12.1. The molecule has 2 nitrogen and oxygen atoms in total. The molecule has 2 rings (SSSR count). The maximum atomic E-state index is 12.1. The number of hydrogen-bond donors (Lipinski definition) is 1. The van der Waals surface area contributed by atoms with Crippen molar-refractivity contribution in [2.24, 2.45) is 0 Å². The van der Waals surface area contributed by atoms with Crippen LogP contribution in [0.4, 0.5) is 0 Å². The molecule has 0 aliphatic heterocycles. The second-order valence-electron chi connectivity index (χ2n) is 4.20. The molecule has 18 heavy (non-hydrogen) atoms.